The zero-order chi connectivity index (χ0) is 14.8. The van der Waals surface area contributed by atoms with Crippen molar-refractivity contribution in [1.82, 2.24) is 5.32 Å². The Kier molecular flexibility index (Phi) is 3.83. The molecule has 3 rings (SSSR count). The van der Waals surface area contributed by atoms with Gasteiger partial charge in [0.2, 0.25) is 11.8 Å². The van der Waals surface area contributed by atoms with Crippen molar-refractivity contribution in [3.8, 4) is 5.75 Å². The molecule has 1 aromatic rings. The van der Waals surface area contributed by atoms with Gasteiger partial charge in [-0.2, -0.15) is 0 Å². The molecule has 0 unspecified atom stereocenters. The van der Waals surface area contributed by atoms with Gasteiger partial charge in [-0.15, -0.1) is 0 Å². The van der Waals surface area contributed by atoms with Crippen molar-refractivity contribution in [3.63, 3.8) is 0 Å². The molecular formula is C14H15N3O3S. The van der Waals surface area contributed by atoms with Gasteiger partial charge in [0.05, 0.1) is 19.3 Å². The second-order valence-corrected chi connectivity index (χ2v) is 5.88. The van der Waals surface area contributed by atoms with Crippen LogP contribution in [0.15, 0.2) is 29.3 Å². The molecule has 110 valence electrons. The second kappa shape index (κ2) is 5.77. The lowest BCUT2D eigenvalue weighted by molar-refractivity contribution is -0.121. The number of amides is 2. The minimum Gasteiger partial charge on any atom is -0.497 e. The lowest BCUT2D eigenvalue weighted by Gasteiger charge is -2.15. The predicted octanol–water partition coefficient (Wildman–Crippen LogP) is 1.02. The SMILES string of the molecule is COc1ccc(N2C(=O)C[C@H](SC3=NCCN3)C2=O)cc1. The molecule has 2 aliphatic rings. The van der Waals surface area contributed by atoms with Crippen molar-refractivity contribution < 1.29 is 14.3 Å². The summed E-state index contributed by atoms with van der Waals surface area (Å²) in [6.45, 7) is 1.51. The molecule has 1 aromatic carbocycles. The summed E-state index contributed by atoms with van der Waals surface area (Å²) in [5, 5.41) is 3.45. The van der Waals surface area contributed by atoms with Crippen LogP contribution in [0.1, 0.15) is 6.42 Å². The number of anilines is 1. The third-order valence-corrected chi connectivity index (χ3v) is 4.48. The first-order chi connectivity index (χ1) is 10.2. The number of carbonyl (C=O) groups excluding carboxylic acids is 2. The molecular weight excluding hydrogens is 290 g/mol. The van der Waals surface area contributed by atoms with Crippen LogP contribution in [0.2, 0.25) is 0 Å². The minimum atomic E-state index is -0.399. The van der Waals surface area contributed by atoms with E-state index >= 15 is 0 Å². The van der Waals surface area contributed by atoms with Crippen molar-refractivity contribution in [1.29, 1.82) is 0 Å². The summed E-state index contributed by atoms with van der Waals surface area (Å²) >= 11 is 1.33. The van der Waals surface area contributed by atoms with Gasteiger partial charge in [0.25, 0.3) is 0 Å². The van der Waals surface area contributed by atoms with E-state index in [1.807, 2.05) is 0 Å². The first kappa shape index (κ1) is 13.9. The van der Waals surface area contributed by atoms with Crippen LogP contribution in [0.5, 0.6) is 5.75 Å². The fraction of sp³-hybridized carbons (Fsp3) is 0.357. The lowest BCUT2D eigenvalue weighted by Crippen LogP contribution is -2.31. The van der Waals surface area contributed by atoms with E-state index in [1.54, 1.807) is 31.4 Å². The third-order valence-electron chi connectivity index (χ3n) is 3.33. The van der Waals surface area contributed by atoms with Crippen LogP contribution in [0.3, 0.4) is 0 Å². The molecule has 7 heteroatoms. The van der Waals surface area contributed by atoms with Crippen LogP contribution in [-0.2, 0) is 9.59 Å². The normalized spacial score (nSPS) is 21.5. The zero-order valence-corrected chi connectivity index (χ0v) is 12.4. The van der Waals surface area contributed by atoms with Crippen LogP contribution < -0.4 is 15.0 Å². The maximum Gasteiger partial charge on any atom is 0.247 e. The van der Waals surface area contributed by atoms with E-state index in [0.717, 1.165) is 18.3 Å². The van der Waals surface area contributed by atoms with Crippen LogP contribution >= 0.6 is 11.8 Å². The molecule has 2 heterocycles. The predicted molar refractivity (Wildman–Crippen MR) is 81.8 cm³/mol. The summed E-state index contributed by atoms with van der Waals surface area (Å²) in [4.78, 5) is 30.0. The quantitative estimate of drug-likeness (QED) is 0.844. The van der Waals surface area contributed by atoms with Crippen LogP contribution in [-0.4, -0.2) is 42.4 Å². The van der Waals surface area contributed by atoms with E-state index in [1.165, 1.54) is 16.7 Å². The van der Waals surface area contributed by atoms with Crippen LogP contribution in [0, 0.1) is 0 Å². The number of hydrogen-bond acceptors (Lipinski definition) is 6. The minimum absolute atomic E-state index is 0.179. The zero-order valence-electron chi connectivity index (χ0n) is 11.5. The molecule has 1 N–H and O–H groups in total. The Morgan fingerprint density at radius 2 is 2.10 bits per heavy atom. The summed E-state index contributed by atoms with van der Waals surface area (Å²) < 4.78 is 5.08. The average Bonchev–Trinajstić information content (AvgIpc) is 3.09. The Morgan fingerprint density at radius 1 is 1.33 bits per heavy atom. The van der Waals surface area contributed by atoms with E-state index in [2.05, 4.69) is 10.3 Å². The van der Waals surface area contributed by atoms with E-state index in [-0.39, 0.29) is 18.2 Å². The molecule has 2 aliphatic heterocycles. The van der Waals surface area contributed by atoms with Gasteiger partial charge in [-0.25, -0.2) is 4.90 Å². The van der Waals surface area contributed by atoms with Crippen molar-refractivity contribution >= 4 is 34.4 Å². The first-order valence-electron chi connectivity index (χ1n) is 6.65. The molecule has 21 heavy (non-hydrogen) atoms. The van der Waals surface area contributed by atoms with Gasteiger partial charge in [0.1, 0.15) is 11.0 Å². The molecule has 0 spiro atoms. The number of aliphatic imine (C=N–C) groups is 1. The molecule has 2 amide bonds. The van der Waals surface area contributed by atoms with Gasteiger partial charge in [0.15, 0.2) is 5.17 Å². The van der Waals surface area contributed by atoms with Gasteiger partial charge >= 0.3 is 0 Å². The molecule has 1 saturated heterocycles. The Morgan fingerprint density at radius 3 is 2.71 bits per heavy atom. The average molecular weight is 305 g/mol. The molecule has 1 fully saturated rings. The number of methoxy groups -OCH3 is 1. The Balaban J connectivity index is 1.76. The van der Waals surface area contributed by atoms with Crippen molar-refractivity contribution in [2.24, 2.45) is 4.99 Å². The van der Waals surface area contributed by atoms with Gasteiger partial charge in [-0.05, 0) is 24.3 Å². The highest BCUT2D eigenvalue weighted by Crippen LogP contribution is 2.31. The maximum atomic E-state index is 12.4. The smallest absolute Gasteiger partial charge is 0.247 e. The number of hydrogen-bond donors (Lipinski definition) is 1. The van der Waals surface area contributed by atoms with Gasteiger partial charge in [0, 0.05) is 13.0 Å². The van der Waals surface area contributed by atoms with E-state index < -0.39 is 5.25 Å². The number of carbonyl (C=O) groups is 2. The first-order valence-corrected chi connectivity index (χ1v) is 7.53. The van der Waals surface area contributed by atoms with Gasteiger partial charge in [-0.3, -0.25) is 14.6 Å². The number of benzene rings is 1. The summed E-state index contributed by atoms with van der Waals surface area (Å²) in [6, 6.07) is 6.90. The van der Waals surface area contributed by atoms with Crippen molar-refractivity contribution in [2.45, 2.75) is 11.7 Å². The molecule has 0 saturated carbocycles. The fourth-order valence-corrected chi connectivity index (χ4v) is 3.34. The van der Waals surface area contributed by atoms with E-state index in [4.69, 9.17) is 4.74 Å². The highest BCUT2D eigenvalue weighted by atomic mass is 32.2. The second-order valence-electron chi connectivity index (χ2n) is 4.69. The van der Waals surface area contributed by atoms with Crippen molar-refractivity contribution in [2.75, 3.05) is 25.1 Å². The van der Waals surface area contributed by atoms with Gasteiger partial charge in [-0.1, -0.05) is 11.8 Å². The summed E-state index contributed by atoms with van der Waals surface area (Å²) in [7, 11) is 1.57. The number of nitrogens with one attached hydrogen (secondary N) is 1. The van der Waals surface area contributed by atoms with E-state index in [9.17, 15) is 9.59 Å². The Bertz CT molecular complexity index is 600. The van der Waals surface area contributed by atoms with E-state index in [0.29, 0.717) is 11.4 Å². The molecule has 0 aromatic heterocycles. The number of rotatable bonds is 3. The monoisotopic (exact) mass is 305 g/mol. The summed E-state index contributed by atoms with van der Waals surface area (Å²) in [5.74, 6) is 0.320. The number of amidine groups is 1. The number of thioether (sulfide) groups is 1. The molecule has 1 atom stereocenters. The molecule has 6 nitrogen and oxygen atoms in total. The molecule has 0 radical (unpaired) electrons. The summed E-state index contributed by atoms with van der Waals surface area (Å²) in [6.07, 6.45) is 0.205. The van der Waals surface area contributed by atoms with Crippen molar-refractivity contribution in [3.05, 3.63) is 24.3 Å². The highest BCUT2D eigenvalue weighted by Gasteiger charge is 2.40. The largest absolute Gasteiger partial charge is 0.497 e. The summed E-state index contributed by atoms with van der Waals surface area (Å²) in [5.41, 5.74) is 0.579. The Labute approximate surface area is 126 Å². The third kappa shape index (κ3) is 2.73. The Hall–Kier alpha value is -2.02. The number of imide groups is 1. The van der Waals surface area contributed by atoms with Gasteiger partial charge < -0.3 is 10.1 Å². The fourth-order valence-electron chi connectivity index (χ4n) is 2.29. The number of nitrogens with zero attached hydrogens (tertiary/aromatic N) is 2. The maximum absolute atomic E-state index is 12.4. The lowest BCUT2D eigenvalue weighted by atomic mass is 10.3. The molecule has 0 bridgehead atoms. The standard InChI is InChI=1S/C14H15N3O3S/c1-20-10-4-2-9(3-5-10)17-12(18)8-11(13(17)19)21-14-15-6-7-16-14/h2-5,11H,6-8H2,1H3,(H,15,16)/t11-/m0/s1. The van der Waals surface area contributed by atoms with Crippen LogP contribution in [0.4, 0.5) is 5.69 Å². The topological polar surface area (TPSA) is 71.0 Å². The molecule has 0 aliphatic carbocycles. The highest BCUT2D eigenvalue weighted by molar-refractivity contribution is 8.15. The number of ether oxygens (including phenoxy) is 1. The van der Waals surface area contributed by atoms with Crippen LogP contribution in [0.25, 0.3) is 0 Å².